The maximum Gasteiger partial charge on any atom is 0.317 e. The van der Waals surface area contributed by atoms with Gasteiger partial charge in [-0.25, -0.2) is 9.78 Å². The van der Waals surface area contributed by atoms with Crippen LogP contribution in [0.4, 0.5) is 9.93 Å². The summed E-state index contributed by atoms with van der Waals surface area (Å²) in [5.74, 6) is 0.883. The molecule has 0 aliphatic carbocycles. The second-order valence-electron chi connectivity index (χ2n) is 7.21. The number of rotatable bonds is 3. The molecule has 25 heavy (non-hydrogen) atoms. The van der Waals surface area contributed by atoms with Crippen molar-refractivity contribution in [2.75, 3.05) is 37.7 Å². The highest BCUT2D eigenvalue weighted by Gasteiger charge is 2.25. The first-order valence-electron chi connectivity index (χ1n) is 8.71. The molecule has 0 saturated carbocycles. The van der Waals surface area contributed by atoms with Crippen molar-refractivity contribution in [2.45, 2.75) is 33.2 Å². The van der Waals surface area contributed by atoms with Crippen molar-refractivity contribution in [2.24, 2.45) is 0 Å². The molecule has 0 atom stereocenters. The minimum Gasteiger partial charge on any atom is -0.494 e. The molecular formula is C18H26N4O2S. The Morgan fingerprint density at radius 1 is 1.28 bits per heavy atom. The van der Waals surface area contributed by atoms with Gasteiger partial charge < -0.3 is 19.9 Å². The molecule has 1 aromatic heterocycles. The summed E-state index contributed by atoms with van der Waals surface area (Å²) >= 11 is 1.68. The molecule has 2 heterocycles. The summed E-state index contributed by atoms with van der Waals surface area (Å²) in [5, 5.41) is 4.04. The normalized spacial score (nSPS) is 15.5. The molecule has 0 spiro atoms. The molecule has 136 valence electrons. The van der Waals surface area contributed by atoms with Crippen LogP contribution in [0.25, 0.3) is 10.2 Å². The Morgan fingerprint density at radius 3 is 2.64 bits per heavy atom. The van der Waals surface area contributed by atoms with Gasteiger partial charge in [0.05, 0.1) is 16.8 Å². The van der Waals surface area contributed by atoms with Gasteiger partial charge in [-0.15, -0.1) is 0 Å². The zero-order chi connectivity index (χ0) is 18.0. The van der Waals surface area contributed by atoms with Crippen LogP contribution in [0.1, 0.15) is 27.7 Å². The van der Waals surface area contributed by atoms with Crippen LogP contribution in [0.15, 0.2) is 18.2 Å². The molecule has 2 aromatic rings. The van der Waals surface area contributed by atoms with Gasteiger partial charge in [0, 0.05) is 31.7 Å². The molecule has 1 N–H and O–H groups in total. The highest BCUT2D eigenvalue weighted by atomic mass is 32.1. The predicted molar refractivity (Wildman–Crippen MR) is 103 cm³/mol. The average molecular weight is 362 g/mol. The molecule has 1 aromatic carbocycles. The molecule has 6 nitrogen and oxygen atoms in total. The quantitative estimate of drug-likeness (QED) is 0.910. The molecule has 0 unspecified atom stereocenters. The van der Waals surface area contributed by atoms with Crippen LogP contribution >= 0.6 is 11.3 Å². The van der Waals surface area contributed by atoms with E-state index in [2.05, 4.69) is 10.2 Å². The van der Waals surface area contributed by atoms with Crippen LogP contribution in [0, 0.1) is 0 Å². The van der Waals surface area contributed by atoms with E-state index in [9.17, 15) is 4.79 Å². The van der Waals surface area contributed by atoms with Gasteiger partial charge in [0.25, 0.3) is 0 Å². The summed E-state index contributed by atoms with van der Waals surface area (Å²) < 4.78 is 6.70. The summed E-state index contributed by atoms with van der Waals surface area (Å²) in [7, 11) is 0. The Labute approximate surface area is 152 Å². The molecule has 1 aliphatic rings. The van der Waals surface area contributed by atoms with E-state index in [1.807, 2.05) is 50.8 Å². The number of urea groups is 1. The molecule has 1 saturated heterocycles. The Bertz CT molecular complexity index is 745. The molecular weight excluding hydrogens is 336 g/mol. The number of carbonyl (C=O) groups is 1. The SMILES string of the molecule is CCOc1ccc2nc(N3CCN(C(=O)NC(C)(C)C)CC3)sc2c1. The van der Waals surface area contributed by atoms with Crippen molar-refractivity contribution in [3.8, 4) is 5.75 Å². The van der Waals surface area contributed by atoms with Crippen LogP contribution in [-0.2, 0) is 0 Å². The summed E-state index contributed by atoms with van der Waals surface area (Å²) in [6.07, 6.45) is 0. The number of amides is 2. The van der Waals surface area contributed by atoms with Gasteiger partial charge in [-0.2, -0.15) is 0 Å². The summed E-state index contributed by atoms with van der Waals surface area (Å²) in [4.78, 5) is 21.1. The van der Waals surface area contributed by atoms with Crippen molar-refractivity contribution in [1.82, 2.24) is 15.2 Å². The molecule has 0 bridgehead atoms. The largest absolute Gasteiger partial charge is 0.494 e. The Morgan fingerprint density at radius 2 is 2.00 bits per heavy atom. The first kappa shape index (κ1) is 17.8. The molecule has 1 aliphatic heterocycles. The molecule has 7 heteroatoms. The second kappa shape index (κ2) is 7.07. The number of ether oxygens (including phenoxy) is 1. The number of thiazole rings is 1. The number of piperazine rings is 1. The van der Waals surface area contributed by atoms with Gasteiger partial charge in [-0.3, -0.25) is 0 Å². The van der Waals surface area contributed by atoms with Gasteiger partial charge in [0.1, 0.15) is 5.75 Å². The number of hydrogen-bond donors (Lipinski definition) is 1. The van der Waals surface area contributed by atoms with Crippen LogP contribution in [-0.4, -0.2) is 54.2 Å². The minimum absolute atomic E-state index is 0.0119. The van der Waals surface area contributed by atoms with E-state index in [0.29, 0.717) is 19.7 Å². The van der Waals surface area contributed by atoms with Crippen LogP contribution < -0.4 is 15.0 Å². The van der Waals surface area contributed by atoms with Crippen LogP contribution in [0.2, 0.25) is 0 Å². The van der Waals surface area contributed by atoms with E-state index >= 15 is 0 Å². The first-order chi connectivity index (χ1) is 11.9. The van der Waals surface area contributed by atoms with E-state index in [1.54, 1.807) is 11.3 Å². The van der Waals surface area contributed by atoms with Crippen molar-refractivity contribution < 1.29 is 9.53 Å². The molecule has 3 rings (SSSR count). The lowest BCUT2D eigenvalue weighted by Gasteiger charge is -2.36. The fourth-order valence-corrected chi connectivity index (χ4v) is 3.83. The maximum atomic E-state index is 12.3. The summed E-state index contributed by atoms with van der Waals surface area (Å²) in [5.41, 5.74) is 0.788. The third-order valence-corrected chi connectivity index (χ3v) is 5.06. The van der Waals surface area contributed by atoms with E-state index in [4.69, 9.17) is 9.72 Å². The monoisotopic (exact) mass is 362 g/mol. The average Bonchev–Trinajstić information content (AvgIpc) is 2.97. The van der Waals surface area contributed by atoms with Crippen molar-refractivity contribution in [3.05, 3.63) is 18.2 Å². The maximum absolute atomic E-state index is 12.3. The first-order valence-corrected chi connectivity index (χ1v) is 9.53. The zero-order valence-electron chi connectivity index (χ0n) is 15.3. The van der Waals surface area contributed by atoms with Crippen molar-refractivity contribution in [3.63, 3.8) is 0 Å². The molecule has 2 amide bonds. The number of fused-ring (bicyclic) bond motifs is 1. The van der Waals surface area contributed by atoms with Gasteiger partial charge in [0.2, 0.25) is 0 Å². The fourth-order valence-electron chi connectivity index (χ4n) is 2.79. The third-order valence-electron chi connectivity index (χ3n) is 3.98. The summed E-state index contributed by atoms with van der Waals surface area (Å²) in [6, 6.07) is 6.03. The van der Waals surface area contributed by atoms with Crippen molar-refractivity contribution >= 4 is 32.7 Å². The predicted octanol–water partition coefficient (Wildman–Crippen LogP) is 3.33. The van der Waals surface area contributed by atoms with E-state index in [0.717, 1.165) is 34.2 Å². The lowest BCUT2D eigenvalue weighted by atomic mass is 10.1. The van der Waals surface area contributed by atoms with E-state index < -0.39 is 0 Å². The van der Waals surface area contributed by atoms with Crippen LogP contribution in [0.5, 0.6) is 5.75 Å². The second-order valence-corrected chi connectivity index (χ2v) is 8.22. The number of hydrogen-bond acceptors (Lipinski definition) is 5. The zero-order valence-corrected chi connectivity index (χ0v) is 16.2. The van der Waals surface area contributed by atoms with Crippen LogP contribution in [0.3, 0.4) is 0 Å². The summed E-state index contributed by atoms with van der Waals surface area (Å²) in [6.45, 7) is 11.7. The highest BCUT2D eigenvalue weighted by molar-refractivity contribution is 7.22. The van der Waals surface area contributed by atoms with E-state index in [-0.39, 0.29) is 11.6 Å². The number of aromatic nitrogens is 1. The topological polar surface area (TPSA) is 57.7 Å². The molecule has 0 radical (unpaired) electrons. The van der Waals surface area contributed by atoms with Gasteiger partial charge in [0.15, 0.2) is 5.13 Å². The number of carbonyl (C=O) groups excluding carboxylic acids is 1. The Balaban J connectivity index is 1.64. The highest BCUT2D eigenvalue weighted by Crippen LogP contribution is 2.32. The lowest BCUT2D eigenvalue weighted by molar-refractivity contribution is 0.185. The Kier molecular flexibility index (Phi) is 5.03. The standard InChI is InChI=1S/C18H26N4O2S/c1-5-24-13-6-7-14-15(12-13)25-17(19-14)22-10-8-21(9-11-22)16(23)20-18(2,3)4/h6-7,12H,5,8-11H2,1-4H3,(H,20,23). The molecule has 1 fully saturated rings. The third kappa shape index (κ3) is 4.34. The number of benzene rings is 1. The van der Waals surface area contributed by atoms with Gasteiger partial charge >= 0.3 is 6.03 Å². The van der Waals surface area contributed by atoms with Crippen molar-refractivity contribution in [1.29, 1.82) is 0 Å². The smallest absolute Gasteiger partial charge is 0.317 e. The number of anilines is 1. The number of nitrogens with zero attached hydrogens (tertiary/aromatic N) is 3. The van der Waals surface area contributed by atoms with Gasteiger partial charge in [-0.05, 0) is 45.9 Å². The fraction of sp³-hybridized carbons (Fsp3) is 0.556. The van der Waals surface area contributed by atoms with E-state index in [1.165, 1.54) is 0 Å². The number of nitrogens with one attached hydrogen (secondary N) is 1. The lowest BCUT2D eigenvalue weighted by Crippen LogP contribution is -2.55. The Hall–Kier alpha value is -2.02. The minimum atomic E-state index is -0.209. The van der Waals surface area contributed by atoms with Gasteiger partial charge in [-0.1, -0.05) is 11.3 Å².